The largest absolute Gasteiger partial charge is 0.505 e. The fourth-order valence-electron chi connectivity index (χ4n) is 7.90. The van der Waals surface area contributed by atoms with Crippen molar-refractivity contribution in [1.82, 2.24) is 9.78 Å². The van der Waals surface area contributed by atoms with E-state index in [0.29, 0.717) is 36.4 Å². The second-order valence-electron chi connectivity index (χ2n) is 17.1. The molecule has 0 amide bonds. The van der Waals surface area contributed by atoms with Crippen LogP contribution >= 0.6 is 0 Å². The van der Waals surface area contributed by atoms with E-state index in [1.165, 1.54) is 6.92 Å². The zero-order valence-corrected chi connectivity index (χ0v) is 46.4. The number of anilines is 1. The monoisotopic (exact) mass is 1290 g/mol. The van der Waals surface area contributed by atoms with E-state index in [1.54, 1.807) is 0 Å². The molecule has 0 unspecified atom stereocenters. The van der Waals surface area contributed by atoms with Crippen LogP contribution in [-0.2, 0) is 67.3 Å². The number of nitrogen functional groups attached to an aromatic ring is 1. The number of hydrogen-bond donors (Lipinski definition) is 11. The third kappa shape index (κ3) is 12.5. The molecular formula is C43H32N12O24S6. The number of phenols is 2. The van der Waals surface area contributed by atoms with Crippen molar-refractivity contribution in [3.05, 3.63) is 123 Å². The lowest BCUT2D eigenvalue weighted by Gasteiger charge is -2.13. The number of aryl methyl sites for hydroxylation is 1. The first kappa shape index (κ1) is 61.8. The topological polar surface area (TPSA) is 593 Å². The van der Waals surface area contributed by atoms with Crippen molar-refractivity contribution in [2.75, 3.05) is 5.73 Å². The lowest BCUT2D eigenvalue weighted by atomic mass is 10.1. The minimum Gasteiger partial charge on any atom is -0.505 e. The standard InChI is InChI=1S/C43H32N12O24S6/c1-18-38(43(59)54(53-18)20-2-5-22(6-3-20)80(62,63)64)51-49-30-15-29(19(17-56)12-33(30)82(68,69)70)48-52-39-35(84(74,75)76)14-25-23(40(39)57)7-11-28(42(25)85(77,78)79)47-50-31-16-32(81(65,66)67)24-8-10-27(41(58)36(24)37(31)44)46-45-26-9-4-21(55(60)61)13-34(26)83(71,72)73/h2-16,53,56-58H,17,44H2,1H3,(H,62,63,64)(H,65,66,67)(H,68,69,70)(H,71,72,73)(H,74,75,76)(H,77,78,79). The lowest BCUT2D eigenvalue weighted by Crippen LogP contribution is -2.14. The number of hydrogen-bond acceptors (Lipinski definition) is 27. The Kier molecular flexibility index (Phi) is 16.0. The molecule has 8 rings (SSSR count). The molecule has 12 N–H and O–H groups in total. The first-order valence-electron chi connectivity index (χ1n) is 22.2. The number of nitrogens with zero attached hydrogens (tertiary/aromatic N) is 10. The molecule has 8 aromatic rings. The van der Waals surface area contributed by atoms with Gasteiger partial charge in [0.05, 0.1) is 44.6 Å². The van der Waals surface area contributed by atoms with Gasteiger partial charge in [-0.3, -0.25) is 47.3 Å². The van der Waals surface area contributed by atoms with E-state index in [4.69, 9.17) is 5.73 Å². The Labute approximate surface area is 474 Å². The number of aromatic amines is 1. The van der Waals surface area contributed by atoms with Crippen LogP contribution < -0.4 is 11.3 Å². The summed E-state index contributed by atoms with van der Waals surface area (Å²) in [6.07, 6.45) is 0. The van der Waals surface area contributed by atoms with Crippen molar-refractivity contribution in [2.45, 2.75) is 42.9 Å². The van der Waals surface area contributed by atoms with Crippen LogP contribution in [0.15, 0.2) is 166 Å². The van der Waals surface area contributed by atoms with Crippen LogP contribution in [0.1, 0.15) is 11.3 Å². The highest BCUT2D eigenvalue weighted by atomic mass is 32.2. The number of nitro groups is 1. The highest BCUT2D eigenvalue weighted by Crippen LogP contribution is 2.48. The smallest absolute Gasteiger partial charge is 0.299 e. The van der Waals surface area contributed by atoms with Crippen LogP contribution in [0.25, 0.3) is 27.2 Å². The molecule has 0 aliphatic carbocycles. The number of rotatable bonds is 17. The van der Waals surface area contributed by atoms with Gasteiger partial charge in [-0.05, 0) is 79.7 Å². The highest BCUT2D eigenvalue weighted by Gasteiger charge is 2.30. The summed E-state index contributed by atoms with van der Waals surface area (Å²) in [4.78, 5) is 17.0. The Balaban J connectivity index is 1.23. The summed E-state index contributed by atoms with van der Waals surface area (Å²) in [5, 5.41) is 73.6. The molecule has 0 saturated heterocycles. The molecular weight excluding hydrogens is 1260 g/mol. The number of H-pyrrole nitrogens is 1. The van der Waals surface area contributed by atoms with Gasteiger partial charge in [0, 0.05) is 33.9 Å². The molecule has 0 aliphatic heterocycles. The number of aromatic hydroxyl groups is 2. The molecule has 1 aromatic heterocycles. The van der Waals surface area contributed by atoms with E-state index in [9.17, 15) is 108 Å². The Morgan fingerprint density at radius 2 is 1.04 bits per heavy atom. The molecule has 0 atom stereocenters. The highest BCUT2D eigenvalue weighted by molar-refractivity contribution is 7.87. The molecule has 0 fully saturated rings. The number of non-ortho nitro benzene ring substituents is 1. The summed E-state index contributed by atoms with van der Waals surface area (Å²) in [6, 6.07) is 11.6. The van der Waals surface area contributed by atoms with Gasteiger partial charge >= 0.3 is 0 Å². The van der Waals surface area contributed by atoms with Gasteiger partial charge in [-0.2, -0.15) is 50.5 Å². The third-order valence-corrected chi connectivity index (χ3v) is 17.1. The van der Waals surface area contributed by atoms with Crippen molar-refractivity contribution in [3.63, 3.8) is 0 Å². The van der Waals surface area contributed by atoms with Gasteiger partial charge < -0.3 is 21.1 Å². The van der Waals surface area contributed by atoms with Crippen LogP contribution in [0.3, 0.4) is 0 Å². The molecule has 0 aliphatic rings. The number of fused-ring (bicyclic) bond motifs is 2. The SMILES string of the molecule is Cc1[nH]n(-c2ccc(S(=O)(=O)O)cc2)c(=O)c1N=Nc1cc(N=Nc2c(S(=O)(=O)O)cc3c(S(=O)(=O)O)c(N=Nc4cc(S(=O)(=O)O)c5ccc(N=Nc6ccc([N+](=O)[O-])cc6S(=O)(=O)O)c(O)c5c4N)ccc3c2O)c(CO)cc1S(=O)(=O)O. The van der Waals surface area contributed by atoms with Crippen molar-refractivity contribution in [1.29, 1.82) is 0 Å². The quantitative estimate of drug-likeness (QED) is 0.0140. The summed E-state index contributed by atoms with van der Waals surface area (Å²) in [6.45, 7) is 0.186. The Bertz CT molecular complexity index is 5150. The molecule has 7 aromatic carbocycles. The van der Waals surface area contributed by atoms with Gasteiger partial charge in [0.1, 0.15) is 58.6 Å². The van der Waals surface area contributed by atoms with Crippen LogP contribution in [0.4, 0.5) is 56.9 Å². The minimum absolute atomic E-state index is 0.0115. The van der Waals surface area contributed by atoms with Gasteiger partial charge in [0.2, 0.25) is 0 Å². The first-order valence-corrected chi connectivity index (χ1v) is 30.9. The summed E-state index contributed by atoms with van der Waals surface area (Å²) in [5.41, 5.74) is -3.09. The van der Waals surface area contributed by atoms with E-state index in [2.05, 4.69) is 46.0 Å². The van der Waals surface area contributed by atoms with E-state index < -0.39 is 203 Å². The van der Waals surface area contributed by atoms with Crippen molar-refractivity contribution in [2.24, 2.45) is 40.9 Å². The number of nitro benzene ring substituents is 1. The van der Waals surface area contributed by atoms with E-state index in [1.807, 2.05) is 0 Å². The molecule has 42 heteroatoms. The normalized spacial score (nSPS) is 13.2. The molecule has 0 radical (unpaired) electrons. The maximum absolute atomic E-state index is 13.4. The fraction of sp³-hybridized carbons (Fsp3) is 0.0465. The maximum atomic E-state index is 13.4. The predicted molar refractivity (Wildman–Crippen MR) is 288 cm³/mol. The molecule has 0 spiro atoms. The molecule has 0 bridgehead atoms. The van der Waals surface area contributed by atoms with Crippen molar-refractivity contribution < 1.29 is 98.1 Å². The first-order chi connectivity index (χ1) is 39.3. The van der Waals surface area contributed by atoms with Gasteiger partial charge in [0.15, 0.2) is 17.2 Å². The predicted octanol–water partition coefficient (Wildman–Crippen LogP) is 7.32. The minimum atomic E-state index is -5.71. The molecule has 0 saturated carbocycles. The summed E-state index contributed by atoms with van der Waals surface area (Å²) >= 11 is 0. The van der Waals surface area contributed by atoms with E-state index in [-0.39, 0.29) is 11.4 Å². The second kappa shape index (κ2) is 22.0. The number of nitrogens with one attached hydrogen (secondary N) is 1. The summed E-state index contributed by atoms with van der Waals surface area (Å²) in [5.74, 6) is -2.41. The average Bonchev–Trinajstić information content (AvgIpc) is 3.32. The molecule has 444 valence electrons. The van der Waals surface area contributed by atoms with Crippen LogP contribution in [-0.4, -0.2) is 108 Å². The third-order valence-electron chi connectivity index (χ3n) is 11.7. The van der Waals surface area contributed by atoms with Gasteiger partial charge in [-0.15, -0.1) is 40.9 Å². The van der Waals surface area contributed by atoms with E-state index >= 15 is 0 Å². The zero-order chi connectivity index (χ0) is 62.8. The number of nitrogens with two attached hydrogens (primary N) is 1. The van der Waals surface area contributed by atoms with Crippen molar-refractivity contribution in [3.8, 4) is 17.2 Å². The number of aromatic nitrogens is 2. The van der Waals surface area contributed by atoms with Crippen LogP contribution in [0.5, 0.6) is 11.5 Å². The number of aliphatic hydroxyl groups excluding tert-OH is 1. The second-order valence-corrected chi connectivity index (χ2v) is 25.5. The zero-order valence-electron chi connectivity index (χ0n) is 41.5. The lowest BCUT2D eigenvalue weighted by molar-refractivity contribution is -0.385. The fourth-order valence-corrected chi connectivity index (χ4v) is 11.9. The van der Waals surface area contributed by atoms with E-state index in [0.717, 1.165) is 59.3 Å². The van der Waals surface area contributed by atoms with Gasteiger partial charge in [-0.1, -0.05) is 6.07 Å². The van der Waals surface area contributed by atoms with Crippen LogP contribution in [0, 0.1) is 17.0 Å². The number of phenolic OH excluding ortho intramolecular Hbond substituents is 2. The Morgan fingerprint density at radius 1 is 0.518 bits per heavy atom. The van der Waals surface area contributed by atoms with Crippen LogP contribution in [0.2, 0.25) is 0 Å². The molecule has 36 nitrogen and oxygen atoms in total. The average molecular weight is 1290 g/mol. The van der Waals surface area contributed by atoms with Gasteiger partial charge in [0.25, 0.3) is 72.0 Å². The van der Waals surface area contributed by atoms with Crippen molar-refractivity contribution >= 4 is 139 Å². The Hall–Kier alpha value is -9.31. The molecule has 1 heterocycles. The number of aliphatic hydroxyl groups is 1. The van der Waals surface area contributed by atoms with Gasteiger partial charge in [-0.25, -0.2) is 4.68 Å². The summed E-state index contributed by atoms with van der Waals surface area (Å²) < 4.78 is 211. The summed E-state index contributed by atoms with van der Waals surface area (Å²) in [7, 11) is -31.9. The Morgan fingerprint density at radius 3 is 1.61 bits per heavy atom. The number of azo groups is 4. The molecule has 85 heavy (non-hydrogen) atoms. The maximum Gasteiger partial charge on any atom is 0.299 e. The number of benzene rings is 7.